The van der Waals surface area contributed by atoms with Crippen LogP contribution in [0.4, 0.5) is 0 Å². The predicted molar refractivity (Wildman–Crippen MR) is 130 cm³/mol. The van der Waals surface area contributed by atoms with Gasteiger partial charge in [-0.2, -0.15) is 0 Å². The molecule has 0 saturated heterocycles. The minimum atomic E-state index is -1.58. The van der Waals surface area contributed by atoms with Gasteiger partial charge in [0.05, 0.1) is 6.61 Å². The second-order valence-electron chi connectivity index (χ2n) is 10.3. The van der Waals surface area contributed by atoms with Crippen LogP contribution in [0, 0.1) is 0 Å². The van der Waals surface area contributed by atoms with Crippen LogP contribution in [0.5, 0.6) is 0 Å². The predicted octanol–water partition coefficient (Wildman–Crippen LogP) is 6.78. The van der Waals surface area contributed by atoms with Crippen LogP contribution in [0.15, 0.2) is 47.1 Å². The van der Waals surface area contributed by atoms with E-state index in [0.29, 0.717) is 5.04 Å². The number of hydrogen-bond acceptors (Lipinski definition) is 2. The van der Waals surface area contributed by atoms with E-state index in [1.165, 1.54) is 29.7 Å². The number of hydrogen-bond donors (Lipinski definition) is 0. The van der Waals surface area contributed by atoms with Crippen molar-refractivity contribution in [1.29, 1.82) is 0 Å². The van der Waals surface area contributed by atoms with Gasteiger partial charge in [-0.25, -0.2) is 0 Å². The molecule has 1 aliphatic heterocycles. The molecule has 0 saturated carbocycles. The summed E-state index contributed by atoms with van der Waals surface area (Å²) in [6, 6.07) is 8.75. The fraction of sp³-hybridized carbons (Fsp3) is 0.615. The molecule has 1 aliphatic carbocycles. The maximum atomic E-state index is 6.27. The van der Waals surface area contributed by atoms with Crippen molar-refractivity contribution in [1.82, 2.24) is 4.90 Å². The van der Waals surface area contributed by atoms with Gasteiger partial charge < -0.3 is 4.43 Å². The number of fused-ring (bicyclic) bond motifs is 1. The van der Waals surface area contributed by atoms with Crippen molar-refractivity contribution in [3.63, 3.8) is 0 Å². The van der Waals surface area contributed by atoms with Gasteiger partial charge in [-0.05, 0) is 74.5 Å². The van der Waals surface area contributed by atoms with Crippen LogP contribution in [-0.4, -0.2) is 39.5 Å². The van der Waals surface area contributed by atoms with Gasteiger partial charge in [0.15, 0.2) is 8.32 Å². The van der Waals surface area contributed by atoms with E-state index in [4.69, 9.17) is 4.43 Å². The zero-order chi connectivity index (χ0) is 21.7. The van der Waals surface area contributed by atoms with Gasteiger partial charge in [-0.1, -0.05) is 69.2 Å². The average Bonchev–Trinajstić information content (AvgIpc) is 2.67. The standard InChI is InChI=1S/C14H29NOSi.C12H14/c1-7-15-10-8-9-13(11-15)12-16-17(5,6)14(2,3)4;1-9-7-11-5-3-4-6-12(11)8-10(9)2/h9H,7-8,10-12H2,1-6H3;3-6H,7-8H2,1-2H3. The van der Waals surface area contributed by atoms with E-state index in [1.807, 2.05) is 0 Å². The van der Waals surface area contributed by atoms with Crippen molar-refractivity contribution in [3.05, 3.63) is 58.2 Å². The molecule has 0 aromatic heterocycles. The van der Waals surface area contributed by atoms with Crippen LogP contribution in [0.2, 0.25) is 18.1 Å². The van der Waals surface area contributed by atoms with Gasteiger partial charge in [-0.15, -0.1) is 0 Å². The number of benzene rings is 1. The minimum Gasteiger partial charge on any atom is -0.413 e. The summed E-state index contributed by atoms with van der Waals surface area (Å²) in [5.41, 5.74) is 7.60. The quantitative estimate of drug-likeness (QED) is 0.398. The average molecular weight is 414 g/mol. The minimum absolute atomic E-state index is 0.312. The molecule has 1 aromatic rings. The first-order valence-electron chi connectivity index (χ1n) is 11.3. The van der Waals surface area contributed by atoms with Crippen molar-refractivity contribution in [3.8, 4) is 0 Å². The Labute approximate surface area is 181 Å². The Hall–Kier alpha value is -1.16. The molecule has 0 atom stereocenters. The smallest absolute Gasteiger partial charge is 0.192 e. The Morgan fingerprint density at radius 3 is 2.03 bits per heavy atom. The Kier molecular flexibility index (Phi) is 8.51. The van der Waals surface area contributed by atoms with E-state index in [0.717, 1.165) is 32.5 Å². The lowest BCUT2D eigenvalue weighted by Gasteiger charge is -2.37. The van der Waals surface area contributed by atoms with E-state index in [-0.39, 0.29) is 0 Å². The zero-order valence-corrected chi connectivity index (χ0v) is 21.2. The fourth-order valence-corrected chi connectivity index (χ4v) is 4.50. The van der Waals surface area contributed by atoms with E-state index in [2.05, 4.69) is 89.9 Å². The maximum absolute atomic E-state index is 6.27. The lowest BCUT2D eigenvalue weighted by atomic mass is 9.88. The van der Waals surface area contributed by atoms with Crippen LogP contribution in [0.25, 0.3) is 0 Å². The first-order valence-corrected chi connectivity index (χ1v) is 14.2. The van der Waals surface area contributed by atoms with Gasteiger partial charge in [0.25, 0.3) is 0 Å². The molecule has 3 heteroatoms. The first-order chi connectivity index (χ1) is 13.5. The molecule has 0 N–H and O–H groups in total. The number of rotatable bonds is 4. The molecule has 162 valence electrons. The molecular formula is C26H43NOSi. The molecule has 0 bridgehead atoms. The third-order valence-electron chi connectivity index (χ3n) is 6.94. The van der Waals surface area contributed by atoms with Gasteiger partial charge in [0, 0.05) is 13.1 Å². The van der Waals surface area contributed by atoms with Crippen molar-refractivity contribution < 1.29 is 4.43 Å². The summed E-state index contributed by atoms with van der Waals surface area (Å²) in [5.74, 6) is 0. The van der Waals surface area contributed by atoms with E-state index >= 15 is 0 Å². The lowest BCUT2D eigenvalue weighted by molar-refractivity contribution is 0.265. The van der Waals surface area contributed by atoms with Crippen LogP contribution >= 0.6 is 0 Å². The van der Waals surface area contributed by atoms with Gasteiger partial charge in [-0.3, -0.25) is 4.90 Å². The SMILES string of the molecule is CC1=C(C)Cc2ccccc2C1.CCN1CCC=C(CO[Si](C)(C)C(C)(C)C)C1. The Bertz CT molecular complexity index is 706. The Balaban J connectivity index is 0.000000218. The van der Waals surface area contributed by atoms with E-state index < -0.39 is 8.32 Å². The fourth-order valence-electron chi connectivity index (χ4n) is 3.52. The van der Waals surface area contributed by atoms with Crippen molar-refractivity contribution >= 4 is 8.32 Å². The normalized spacial score (nSPS) is 18.0. The third kappa shape index (κ3) is 6.94. The first kappa shape index (κ1) is 24.1. The molecule has 0 amide bonds. The second kappa shape index (κ2) is 10.2. The van der Waals surface area contributed by atoms with Crippen molar-refractivity contribution in [2.75, 3.05) is 26.2 Å². The molecule has 3 rings (SSSR count). The molecule has 2 nitrogen and oxygen atoms in total. The maximum Gasteiger partial charge on any atom is 0.192 e. The number of allylic oxidation sites excluding steroid dienone is 2. The second-order valence-corrected chi connectivity index (χ2v) is 15.1. The van der Waals surface area contributed by atoms with Crippen LogP contribution in [0.3, 0.4) is 0 Å². The molecule has 0 radical (unpaired) electrons. The van der Waals surface area contributed by atoms with Crippen LogP contribution in [-0.2, 0) is 17.3 Å². The van der Waals surface area contributed by atoms with Gasteiger partial charge in [0.1, 0.15) is 0 Å². The molecule has 2 aliphatic rings. The van der Waals surface area contributed by atoms with Crippen molar-refractivity contribution in [2.45, 2.75) is 78.9 Å². The summed E-state index contributed by atoms with van der Waals surface area (Å²) >= 11 is 0. The number of nitrogens with zero attached hydrogens (tertiary/aromatic N) is 1. The largest absolute Gasteiger partial charge is 0.413 e. The summed E-state index contributed by atoms with van der Waals surface area (Å²) in [5, 5.41) is 0.312. The highest BCUT2D eigenvalue weighted by Crippen LogP contribution is 2.36. The molecule has 29 heavy (non-hydrogen) atoms. The van der Waals surface area contributed by atoms with Crippen molar-refractivity contribution in [2.24, 2.45) is 0 Å². The molecule has 0 fully saturated rings. The zero-order valence-electron chi connectivity index (χ0n) is 20.2. The van der Waals surface area contributed by atoms with Crippen LogP contribution in [0.1, 0.15) is 59.1 Å². The summed E-state index contributed by atoms with van der Waals surface area (Å²) < 4.78 is 6.27. The summed E-state index contributed by atoms with van der Waals surface area (Å²) in [7, 11) is -1.58. The summed E-state index contributed by atoms with van der Waals surface area (Å²) in [6.45, 7) is 22.6. The van der Waals surface area contributed by atoms with Crippen LogP contribution < -0.4 is 0 Å². The summed E-state index contributed by atoms with van der Waals surface area (Å²) in [4.78, 5) is 2.49. The Morgan fingerprint density at radius 1 is 1.00 bits per heavy atom. The van der Waals surface area contributed by atoms with Gasteiger partial charge in [0.2, 0.25) is 0 Å². The molecule has 0 unspecified atom stereocenters. The topological polar surface area (TPSA) is 12.5 Å². The monoisotopic (exact) mass is 413 g/mol. The van der Waals surface area contributed by atoms with E-state index in [1.54, 1.807) is 11.1 Å². The lowest BCUT2D eigenvalue weighted by Crippen LogP contribution is -2.42. The Morgan fingerprint density at radius 2 is 1.55 bits per heavy atom. The molecule has 0 spiro atoms. The van der Waals surface area contributed by atoms with Gasteiger partial charge >= 0.3 is 0 Å². The highest BCUT2D eigenvalue weighted by molar-refractivity contribution is 6.74. The summed E-state index contributed by atoms with van der Waals surface area (Å²) in [6.07, 6.45) is 5.87. The van der Waals surface area contributed by atoms with E-state index in [9.17, 15) is 0 Å². The third-order valence-corrected chi connectivity index (χ3v) is 11.4. The highest BCUT2D eigenvalue weighted by Gasteiger charge is 2.37. The number of likely N-dealkylation sites (N-methyl/N-ethyl adjacent to an activating group) is 1. The molecular weight excluding hydrogens is 370 g/mol. The molecule has 1 heterocycles. The highest BCUT2D eigenvalue weighted by atomic mass is 28.4. The molecule has 1 aromatic carbocycles.